The number of halogens is 1. The maximum Gasteiger partial charge on any atom is 0.306 e. The second-order valence-corrected chi connectivity index (χ2v) is 11.1. The lowest BCUT2D eigenvalue weighted by Gasteiger charge is -2.62. The molecule has 4 N–H and O–H groups in total. The zero-order chi connectivity index (χ0) is 25.1. The Morgan fingerprint density at radius 2 is 2.00 bits per heavy atom. The average molecular weight is 478 g/mol. The molecule has 7 nitrogen and oxygen atoms in total. The maximum atomic E-state index is 17.1. The Bertz CT molecular complexity index is 963. The summed E-state index contributed by atoms with van der Waals surface area (Å²) in [5.41, 5.74) is -0.0103. The molecule has 0 aromatic carbocycles. The second-order valence-electron chi connectivity index (χ2n) is 11.1. The van der Waals surface area contributed by atoms with Gasteiger partial charge < -0.3 is 20.7 Å². The highest BCUT2D eigenvalue weighted by Crippen LogP contribution is 2.70. The first kappa shape index (κ1) is 25.2. The Kier molecular flexibility index (Phi) is 6.19. The highest BCUT2D eigenvalue weighted by Gasteiger charge is 2.75. The number of aliphatic hydroxyl groups excluding tert-OH is 1. The fourth-order valence-corrected chi connectivity index (χ4v) is 7.72. The summed E-state index contributed by atoms with van der Waals surface area (Å²) in [6.07, 6.45) is 4.76. The normalized spacial score (nSPS) is 45.1. The van der Waals surface area contributed by atoms with E-state index in [-0.39, 0.29) is 24.5 Å². The number of Topliss-reactive ketones (excluding diaryl/α,β-unsaturated/α-hetero) is 1. The number of allylic oxidation sites excluding steroid dienone is 4. The first-order valence-corrected chi connectivity index (χ1v) is 12.3. The minimum Gasteiger partial charge on any atom is -0.458 e. The van der Waals surface area contributed by atoms with Gasteiger partial charge in [-0.2, -0.15) is 0 Å². The third-order valence-electron chi connectivity index (χ3n) is 9.60. The molecule has 0 aromatic heterocycles. The molecule has 3 fully saturated rings. The topological polar surface area (TPSA) is 127 Å². The molecular weight excluding hydrogens is 441 g/mol. The van der Waals surface area contributed by atoms with Crippen LogP contribution in [0.3, 0.4) is 0 Å². The van der Waals surface area contributed by atoms with E-state index in [2.05, 4.69) is 0 Å². The third-order valence-corrected chi connectivity index (χ3v) is 9.60. The van der Waals surface area contributed by atoms with Crippen LogP contribution in [0.1, 0.15) is 59.3 Å². The van der Waals surface area contributed by atoms with Crippen molar-refractivity contribution in [2.24, 2.45) is 34.3 Å². The van der Waals surface area contributed by atoms with E-state index in [1.54, 1.807) is 26.8 Å². The molecule has 0 bridgehead atoms. The number of hydrogen-bond acceptors (Lipinski definition) is 7. The van der Waals surface area contributed by atoms with Gasteiger partial charge >= 0.3 is 5.97 Å². The fourth-order valence-electron chi connectivity index (χ4n) is 7.72. The molecule has 0 radical (unpaired) electrons. The van der Waals surface area contributed by atoms with Gasteiger partial charge in [0.1, 0.15) is 5.60 Å². The van der Waals surface area contributed by atoms with Gasteiger partial charge in [-0.1, -0.05) is 25.5 Å². The molecule has 0 heterocycles. The van der Waals surface area contributed by atoms with Crippen molar-refractivity contribution >= 4 is 17.5 Å². The van der Waals surface area contributed by atoms with Crippen molar-refractivity contribution in [2.45, 2.75) is 76.7 Å². The number of hydrogen-bond donors (Lipinski definition) is 3. The summed E-state index contributed by atoms with van der Waals surface area (Å²) in [6.45, 7) is 5.01. The second kappa shape index (κ2) is 8.35. The van der Waals surface area contributed by atoms with Gasteiger partial charge in [0.05, 0.1) is 6.10 Å². The van der Waals surface area contributed by atoms with Crippen LogP contribution in [0, 0.1) is 28.6 Å². The summed E-state index contributed by atoms with van der Waals surface area (Å²) in [7, 11) is 0. The number of rotatable bonds is 6. The SMILES string of the molecule is C[C@@H]1C[C@H]2[C@@H]3CCC4=CC(=O)C=C[C@]4(C)[C@@]3(F)[C@@H](O)C[C@]2(C)[C@@]1(O)C(=O)COC(=O)CCCN. The van der Waals surface area contributed by atoms with Crippen LogP contribution >= 0.6 is 0 Å². The minimum absolute atomic E-state index is 0.0905. The molecule has 4 aliphatic carbocycles. The van der Waals surface area contributed by atoms with E-state index in [1.165, 1.54) is 12.2 Å². The molecule has 0 aliphatic heterocycles. The Hall–Kier alpha value is -1.90. The number of fused-ring (bicyclic) bond motifs is 5. The molecule has 0 aromatic rings. The summed E-state index contributed by atoms with van der Waals surface area (Å²) in [4.78, 5) is 37.2. The first-order chi connectivity index (χ1) is 15.9. The number of esters is 1. The highest BCUT2D eigenvalue weighted by molar-refractivity contribution is 6.01. The lowest BCUT2D eigenvalue weighted by molar-refractivity contribution is -0.220. The highest BCUT2D eigenvalue weighted by atomic mass is 19.1. The van der Waals surface area contributed by atoms with Crippen LogP contribution in [-0.4, -0.2) is 58.3 Å². The first-order valence-electron chi connectivity index (χ1n) is 12.3. The smallest absolute Gasteiger partial charge is 0.306 e. The number of ether oxygens (including phenoxy) is 1. The number of aliphatic hydroxyl groups is 2. The quantitative estimate of drug-likeness (QED) is 0.501. The van der Waals surface area contributed by atoms with Crippen molar-refractivity contribution in [1.29, 1.82) is 0 Å². The summed E-state index contributed by atoms with van der Waals surface area (Å²) >= 11 is 0. The molecule has 0 spiro atoms. The molecule has 34 heavy (non-hydrogen) atoms. The predicted octanol–water partition coefficient (Wildman–Crippen LogP) is 2.19. The van der Waals surface area contributed by atoms with Crippen LogP contribution < -0.4 is 5.73 Å². The molecule has 8 atom stereocenters. The number of nitrogens with two attached hydrogens (primary N) is 1. The molecule has 4 rings (SSSR count). The van der Waals surface area contributed by atoms with Gasteiger partial charge in [0.25, 0.3) is 0 Å². The molecule has 0 amide bonds. The molecule has 188 valence electrons. The Morgan fingerprint density at radius 1 is 1.29 bits per heavy atom. The zero-order valence-corrected chi connectivity index (χ0v) is 20.2. The van der Waals surface area contributed by atoms with Gasteiger partial charge in [-0.25, -0.2) is 4.39 Å². The van der Waals surface area contributed by atoms with E-state index in [9.17, 15) is 24.6 Å². The van der Waals surface area contributed by atoms with E-state index >= 15 is 4.39 Å². The number of alkyl halides is 1. The van der Waals surface area contributed by atoms with E-state index < -0.39 is 58.4 Å². The van der Waals surface area contributed by atoms with E-state index in [4.69, 9.17) is 10.5 Å². The monoisotopic (exact) mass is 477 g/mol. The van der Waals surface area contributed by atoms with Crippen LogP contribution in [0.5, 0.6) is 0 Å². The Balaban J connectivity index is 1.65. The summed E-state index contributed by atoms with van der Waals surface area (Å²) in [5.74, 6) is -2.81. The van der Waals surface area contributed by atoms with Crippen molar-refractivity contribution in [3.63, 3.8) is 0 Å². The predicted molar refractivity (Wildman–Crippen MR) is 122 cm³/mol. The van der Waals surface area contributed by atoms with Crippen molar-refractivity contribution in [3.8, 4) is 0 Å². The summed E-state index contributed by atoms with van der Waals surface area (Å²) < 4.78 is 22.2. The van der Waals surface area contributed by atoms with Gasteiger partial charge in [0.2, 0.25) is 5.78 Å². The zero-order valence-electron chi connectivity index (χ0n) is 20.2. The lowest BCUT2D eigenvalue weighted by Crippen LogP contribution is -2.69. The molecule has 0 unspecified atom stereocenters. The summed E-state index contributed by atoms with van der Waals surface area (Å²) in [5, 5.41) is 23.2. The lowest BCUT2D eigenvalue weighted by atomic mass is 9.44. The van der Waals surface area contributed by atoms with Crippen LogP contribution in [0.4, 0.5) is 4.39 Å². The largest absolute Gasteiger partial charge is 0.458 e. The van der Waals surface area contributed by atoms with Crippen molar-refractivity contribution in [1.82, 2.24) is 0 Å². The van der Waals surface area contributed by atoms with Gasteiger partial charge in [-0.15, -0.1) is 0 Å². The molecular formula is C26H36FNO6. The van der Waals surface area contributed by atoms with E-state index in [1.807, 2.05) is 0 Å². The maximum absolute atomic E-state index is 17.1. The van der Waals surface area contributed by atoms with Crippen molar-refractivity contribution < 1.29 is 33.7 Å². The van der Waals surface area contributed by atoms with Gasteiger partial charge in [0, 0.05) is 23.2 Å². The average Bonchev–Trinajstić information content (AvgIpc) is 2.99. The summed E-state index contributed by atoms with van der Waals surface area (Å²) in [6, 6.07) is 0. The third kappa shape index (κ3) is 3.21. The van der Waals surface area contributed by atoms with Crippen LogP contribution in [0.25, 0.3) is 0 Å². The fraction of sp³-hybridized carbons (Fsp3) is 0.731. The molecule has 0 saturated heterocycles. The van der Waals surface area contributed by atoms with Gasteiger partial charge in [0.15, 0.2) is 18.1 Å². The van der Waals surface area contributed by atoms with E-state index in [0.29, 0.717) is 37.8 Å². The standard InChI is InChI=1S/C26H36FNO6/c1-15-11-19-18-7-6-16-12-17(29)8-9-23(16,2)25(18,27)20(30)13-24(19,3)26(15,33)21(31)14-34-22(32)5-4-10-28/h8-9,12,15,18-20,30,33H,4-7,10-11,13-14,28H2,1-3H3/t15-,18+,19+,20+,23+,24+,25+,26+/m1/s1. The van der Waals surface area contributed by atoms with Crippen LogP contribution in [-0.2, 0) is 19.1 Å². The number of ketones is 2. The molecule has 8 heteroatoms. The van der Waals surface area contributed by atoms with Crippen LogP contribution in [0.15, 0.2) is 23.8 Å². The van der Waals surface area contributed by atoms with Gasteiger partial charge in [-0.05, 0) is 69.6 Å². The van der Waals surface area contributed by atoms with Crippen molar-refractivity contribution in [2.75, 3.05) is 13.2 Å². The Morgan fingerprint density at radius 3 is 2.68 bits per heavy atom. The minimum atomic E-state index is -2.03. The Labute approximate surface area is 199 Å². The van der Waals surface area contributed by atoms with Crippen molar-refractivity contribution in [3.05, 3.63) is 23.8 Å². The molecule has 4 aliphatic rings. The van der Waals surface area contributed by atoms with E-state index in [0.717, 1.165) is 0 Å². The number of carbonyl (C=O) groups is 3. The van der Waals surface area contributed by atoms with Crippen LogP contribution in [0.2, 0.25) is 0 Å². The number of carbonyl (C=O) groups excluding carboxylic acids is 3. The molecule has 3 saturated carbocycles. The van der Waals surface area contributed by atoms with Gasteiger partial charge in [-0.3, -0.25) is 14.4 Å².